The van der Waals surface area contributed by atoms with Gasteiger partial charge in [-0.2, -0.15) is 0 Å². The second-order valence-corrected chi connectivity index (χ2v) is 9.04. The average molecular weight is 464 g/mol. The summed E-state index contributed by atoms with van der Waals surface area (Å²) < 4.78 is 5.38. The zero-order valence-electron chi connectivity index (χ0n) is 18.4. The van der Waals surface area contributed by atoms with Crippen LogP contribution in [0.3, 0.4) is 0 Å². The summed E-state index contributed by atoms with van der Waals surface area (Å²) in [5, 5.41) is 1.47. The summed E-state index contributed by atoms with van der Waals surface area (Å²) in [4.78, 5) is 35.3. The van der Waals surface area contributed by atoms with E-state index in [-0.39, 0.29) is 17.7 Å². The number of rotatable bonds is 3. The van der Waals surface area contributed by atoms with Crippen molar-refractivity contribution in [2.45, 2.75) is 12.8 Å². The maximum Gasteiger partial charge on any atom is 0.254 e. The molecule has 2 amide bonds. The molecule has 170 valence electrons. The monoisotopic (exact) mass is 463 g/mol. The van der Waals surface area contributed by atoms with Crippen LogP contribution in [-0.2, 0) is 9.53 Å². The molecule has 3 heterocycles. The minimum Gasteiger partial charge on any atom is -0.378 e. The summed E-state index contributed by atoms with van der Waals surface area (Å²) in [5.74, 6) is -0.0785. The number of morpholine rings is 1. The van der Waals surface area contributed by atoms with Gasteiger partial charge in [0, 0.05) is 42.2 Å². The van der Waals surface area contributed by atoms with Gasteiger partial charge in [0.25, 0.3) is 5.91 Å². The van der Waals surface area contributed by atoms with E-state index in [0.717, 1.165) is 35.0 Å². The number of halogens is 1. The molecule has 0 spiro atoms. The van der Waals surface area contributed by atoms with Crippen molar-refractivity contribution in [3.05, 3.63) is 65.2 Å². The molecule has 7 heteroatoms. The SMILES string of the molecule is O=C(c1cc(-c2ccc(Cl)cc2)nc2ccccc12)N1CCC[C@@H](C(=O)N2CCOCC2)C1. The van der Waals surface area contributed by atoms with Crippen molar-refractivity contribution in [3.8, 4) is 11.3 Å². The van der Waals surface area contributed by atoms with Crippen molar-refractivity contribution in [2.24, 2.45) is 5.92 Å². The van der Waals surface area contributed by atoms with Crippen LogP contribution in [0, 0.1) is 5.92 Å². The lowest BCUT2D eigenvalue weighted by Crippen LogP contribution is -2.49. The number of aromatic nitrogens is 1. The highest BCUT2D eigenvalue weighted by Gasteiger charge is 2.32. The minimum atomic E-state index is -0.162. The number of amides is 2. The largest absolute Gasteiger partial charge is 0.378 e. The van der Waals surface area contributed by atoms with Crippen molar-refractivity contribution >= 4 is 34.3 Å². The van der Waals surface area contributed by atoms with Crippen molar-refractivity contribution in [1.29, 1.82) is 0 Å². The van der Waals surface area contributed by atoms with Gasteiger partial charge in [-0.25, -0.2) is 4.98 Å². The summed E-state index contributed by atoms with van der Waals surface area (Å²) in [5.41, 5.74) is 3.01. The maximum absolute atomic E-state index is 13.7. The molecule has 0 radical (unpaired) electrons. The first kappa shape index (κ1) is 21.9. The van der Waals surface area contributed by atoms with E-state index < -0.39 is 0 Å². The lowest BCUT2D eigenvalue weighted by Gasteiger charge is -2.36. The van der Waals surface area contributed by atoms with Crippen LogP contribution in [-0.4, -0.2) is 66.0 Å². The molecule has 0 aliphatic carbocycles. The summed E-state index contributed by atoms with van der Waals surface area (Å²) in [6, 6.07) is 17.0. The Morgan fingerprint density at radius 2 is 1.73 bits per heavy atom. The highest BCUT2D eigenvalue weighted by Crippen LogP contribution is 2.28. The summed E-state index contributed by atoms with van der Waals surface area (Å²) in [6.07, 6.45) is 1.63. The Morgan fingerprint density at radius 3 is 2.52 bits per heavy atom. The number of pyridine rings is 1. The summed E-state index contributed by atoms with van der Waals surface area (Å²) in [6.45, 7) is 3.52. The molecule has 33 heavy (non-hydrogen) atoms. The highest BCUT2D eigenvalue weighted by atomic mass is 35.5. The molecule has 2 aliphatic rings. The Kier molecular flexibility index (Phi) is 6.29. The van der Waals surface area contributed by atoms with Crippen LogP contribution < -0.4 is 0 Å². The molecule has 6 nitrogen and oxygen atoms in total. The van der Waals surface area contributed by atoms with Crippen LogP contribution >= 0.6 is 11.6 Å². The molecule has 2 aromatic carbocycles. The third-order valence-electron chi connectivity index (χ3n) is 6.47. The number of hydrogen-bond donors (Lipinski definition) is 0. The van der Waals surface area contributed by atoms with Crippen molar-refractivity contribution in [2.75, 3.05) is 39.4 Å². The molecule has 5 rings (SSSR count). The van der Waals surface area contributed by atoms with Gasteiger partial charge >= 0.3 is 0 Å². The fourth-order valence-electron chi connectivity index (χ4n) is 4.70. The molecule has 0 saturated carbocycles. The number of fused-ring (bicyclic) bond motifs is 1. The van der Waals surface area contributed by atoms with E-state index in [1.54, 1.807) is 0 Å². The maximum atomic E-state index is 13.7. The molecule has 2 aliphatic heterocycles. The van der Waals surface area contributed by atoms with Gasteiger partial charge in [0.2, 0.25) is 5.91 Å². The topological polar surface area (TPSA) is 62.7 Å². The first-order chi connectivity index (χ1) is 16.1. The Balaban J connectivity index is 1.44. The first-order valence-electron chi connectivity index (χ1n) is 11.4. The number of para-hydroxylation sites is 1. The number of nitrogens with zero attached hydrogens (tertiary/aromatic N) is 3. The zero-order valence-corrected chi connectivity index (χ0v) is 19.1. The lowest BCUT2D eigenvalue weighted by molar-refractivity contribution is -0.141. The smallest absolute Gasteiger partial charge is 0.254 e. The van der Waals surface area contributed by atoms with Gasteiger partial charge in [-0.05, 0) is 37.1 Å². The van der Waals surface area contributed by atoms with Crippen LogP contribution in [0.5, 0.6) is 0 Å². The molecule has 0 N–H and O–H groups in total. The van der Waals surface area contributed by atoms with Gasteiger partial charge in [0.1, 0.15) is 0 Å². The van der Waals surface area contributed by atoms with Gasteiger partial charge in [-0.15, -0.1) is 0 Å². The van der Waals surface area contributed by atoms with Gasteiger partial charge in [0.15, 0.2) is 0 Å². The molecule has 2 fully saturated rings. The molecular weight excluding hydrogens is 438 g/mol. The Morgan fingerprint density at radius 1 is 0.970 bits per heavy atom. The number of carbonyl (C=O) groups is 2. The molecule has 0 unspecified atom stereocenters. The Labute approximate surface area is 198 Å². The molecule has 3 aromatic rings. The average Bonchev–Trinajstić information content (AvgIpc) is 2.88. The van der Waals surface area contributed by atoms with Crippen LogP contribution in [0.25, 0.3) is 22.2 Å². The van der Waals surface area contributed by atoms with E-state index in [1.807, 2.05) is 64.4 Å². The van der Waals surface area contributed by atoms with Crippen molar-refractivity contribution < 1.29 is 14.3 Å². The van der Waals surface area contributed by atoms with E-state index in [4.69, 9.17) is 21.3 Å². The lowest BCUT2D eigenvalue weighted by atomic mass is 9.95. The van der Waals surface area contributed by atoms with E-state index in [2.05, 4.69) is 0 Å². The fourth-order valence-corrected chi connectivity index (χ4v) is 4.82. The van der Waals surface area contributed by atoms with Crippen LogP contribution in [0.2, 0.25) is 5.02 Å². The van der Waals surface area contributed by atoms with Crippen molar-refractivity contribution in [3.63, 3.8) is 0 Å². The first-order valence-corrected chi connectivity index (χ1v) is 11.8. The van der Waals surface area contributed by atoms with E-state index in [1.165, 1.54) is 0 Å². The number of piperidine rings is 1. The second-order valence-electron chi connectivity index (χ2n) is 8.61. The van der Waals surface area contributed by atoms with Crippen molar-refractivity contribution in [1.82, 2.24) is 14.8 Å². The summed E-state index contributed by atoms with van der Waals surface area (Å²) in [7, 11) is 0. The van der Waals surface area contributed by atoms with E-state index >= 15 is 0 Å². The predicted octanol–water partition coefficient (Wildman–Crippen LogP) is 4.27. The molecule has 1 aromatic heterocycles. The van der Waals surface area contributed by atoms with Crippen LogP contribution in [0.1, 0.15) is 23.2 Å². The second kappa shape index (κ2) is 9.49. The molecule has 1 atom stereocenters. The summed E-state index contributed by atoms with van der Waals surface area (Å²) >= 11 is 6.05. The fraction of sp³-hybridized carbons (Fsp3) is 0.346. The van der Waals surface area contributed by atoms with Gasteiger partial charge in [-0.3, -0.25) is 9.59 Å². The Hall–Kier alpha value is -2.96. The number of ether oxygens (including phenoxy) is 1. The number of carbonyl (C=O) groups excluding carboxylic acids is 2. The Bertz CT molecular complexity index is 1180. The quantitative estimate of drug-likeness (QED) is 0.582. The van der Waals surface area contributed by atoms with E-state index in [9.17, 15) is 9.59 Å². The predicted molar refractivity (Wildman–Crippen MR) is 128 cm³/mol. The normalized spacial score (nSPS) is 19.0. The molecule has 0 bridgehead atoms. The minimum absolute atomic E-state index is 0.0525. The van der Waals surface area contributed by atoms with Crippen LogP contribution in [0.4, 0.5) is 0 Å². The molecular formula is C26H26ClN3O3. The van der Waals surface area contributed by atoms with E-state index in [0.29, 0.717) is 50.0 Å². The van der Waals surface area contributed by atoms with Gasteiger partial charge in [-0.1, -0.05) is 41.9 Å². The highest BCUT2D eigenvalue weighted by molar-refractivity contribution is 6.30. The third kappa shape index (κ3) is 4.59. The number of likely N-dealkylation sites (tertiary alicyclic amines) is 1. The van der Waals surface area contributed by atoms with Gasteiger partial charge in [0.05, 0.1) is 35.9 Å². The third-order valence-corrected chi connectivity index (χ3v) is 6.72. The number of hydrogen-bond acceptors (Lipinski definition) is 4. The standard InChI is InChI=1S/C26H26ClN3O3/c27-20-9-7-18(8-10-20)24-16-22(21-5-1-2-6-23(21)28-24)26(32)30-11-3-4-19(17-30)25(31)29-12-14-33-15-13-29/h1-2,5-10,16,19H,3-4,11-15,17H2/t19-/m1/s1. The number of benzene rings is 2. The van der Waals surface area contributed by atoms with Gasteiger partial charge < -0.3 is 14.5 Å². The molecule has 2 saturated heterocycles. The van der Waals surface area contributed by atoms with Crippen LogP contribution in [0.15, 0.2) is 54.6 Å². The zero-order chi connectivity index (χ0) is 22.8.